The Bertz CT molecular complexity index is 731. The molecule has 0 unspecified atom stereocenters. The van der Waals surface area contributed by atoms with Crippen molar-refractivity contribution in [3.05, 3.63) is 57.8 Å². The van der Waals surface area contributed by atoms with Gasteiger partial charge in [-0.15, -0.1) is 0 Å². The third kappa shape index (κ3) is 2.83. The fraction of sp³-hybridized carbons (Fsp3) is 0.214. The van der Waals surface area contributed by atoms with E-state index >= 15 is 0 Å². The summed E-state index contributed by atoms with van der Waals surface area (Å²) in [5.41, 5.74) is 1.15. The zero-order valence-corrected chi connectivity index (χ0v) is 11.2. The number of aromatic nitrogens is 2. The van der Waals surface area contributed by atoms with E-state index in [0.29, 0.717) is 16.8 Å². The van der Waals surface area contributed by atoms with Crippen molar-refractivity contribution in [3.63, 3.8) is 0 Å². The number of benzene rings is 1. The number of halogens is 1. The van der Waals surface area contributed by atoms with Crippen molar-refractivity contribution < 1.29 is 4.39 Å². The second kappa shape index (κ2) is 5.53. The molecule has 6 heteroatoms. The van der Waals surface area contributed by atoms with Crippen molar-refractivity contribution in [3.8, 4) is 6.07 Å². The zero-order chi connectivity index (χ0) is 14.7. The van der Waals surface area contributed by atoms with E-state index < -0.39 is 5.82 Å². The van der Waals surface area contributed by atoms with Crippen LogP contribution in [0.2, 0.25) is 0 Å². The van der Waals surface area contributed by atoms with Crippen molar-refractivity contribution >= 4 is 5.69 Å². The Labute approximate surface area is 115 Å². The average molecular weight is 272 g/mol. The molecule has 1 aromatic carbocycles. The minimum atomic E-state index is -0.447. The lowest BCUT2D eigenvalue weighted by molar-refractivity contribution is 0.609. The quantitative estimate of drug-likeness (QED) is 0.846. The van der Waals surface area contributed by atoms with Crippen LogP contribution in [-0.4, -0.2) is 23.9 Å². The second-order valence-electron chi connectivity index (χ2n) is 4.52. The number of nitrogens with zero attached hydrogens (tertiary/aromatic N) is 4. The van der Waals surface area contributed by atoms with Crippen molar-refractivity contribution in [2.45, 2.75) is 6.54 Å². The lowest BCUT2D eigenvalue weighted by Gasteiger charge is -2.12. The molecule has 102 valence electrons. The Balaban J connectivity index is 2.38. The minimum absolute atomic E-state index is 0.0627. The van der Waals surface area contributed by atoms with Gasteiger partial charge in [-0.3, -0.25) is 4.79 Å². The van der Waals surface area contributed by atoms with Gasteiger partial charge >= 0.3 is 0 Å². The molecule has 5 nitrogen and oxygen atoms in total. The topological polar surface area (TPSA) is 61.9 Å². The lowest BCUT2D eigenvalue weighted by atomic mass is 10.1. The van der Waals surface area contributed by atoms with Gasteiger partial charge in [-0.2, -0.15) is 10.4 Å². The third-order valence-corrected chi connectivity index (χ3v) is 2.88. The molecule has 1 aromatic heterocycles. The Morgan fingerprint density at radius 3 is 2.75 bits per heavy atom. The van der Waals surface area contributed by atoms with Crippen LogP contribution in [0.15, 0.2) is 35.3 Å². The Kier molecular flexibility index (Phi) is 3.80. The van der Waals surface area contributed by atoms with Gasteiger partial charge in [-0.25, -0.2) is 9.07 Å². The van der Waals surface area contributed by atoms with E-state index in [1.54, 1.807) is 25.2 Å². The Morgan fingerprint density at radius 2 is 2.15 bits per heavy atom. The van der Waals surface area contributed by atoms with Crippen molar-refractivity contribution in [2.75, 3.05) is 19.0 Å². The highest BCUT2D eigenvalue weighted by molar-refractivity contribution is 5.41. The van der Waals surface area contributed by atoms with Gasteiger partial charge in [0.25, 0.3) is 5.56 Å². The molecule has 0 amide bonds. The Morgan fingerprint density at radius 1 is 1.40 bits per heavy atom. The summed E-state index contributed by atoms with van der Waals surface area (Å²) >= 11 is 0. The summed E-state index contributed by atoms with van der Waals surface area (Å²) < 4.78 is 14.4. The normalized spacial score (nSPS) is 10.1. The van der Waals surface area contributed by atoms with Crippen LogP contribution in [0.3, 0.4) is 0 Å². The summed E-state index contributed by atoms with van der Waals surface area (Å²) in [4.78, 5) is 13.7. The minimum Gasteiger partial charge on any atom is -0.376 e. The number of rotatable bonds is 3. The molecule has 0 aliphatic carbocycles. The van der Waals surface area contributed by atoms with E-state index in [2.05, 4.69) is 5.10 Å². The molecule has 0 spiro atoms. The molecule has 1 heterocycles. The van der Waals surface area contributed by atoms with Crippen molar-refractivity contribution in [2.24, 2.45) is 0 Å². The maximum absolute atomic E-state index is 13.2. The van der Waals surface area contributed by atoms with Crippen LogP contribution in [0.1, 0.15) is 11.1 Å². The molecule has 20 heavy (non-hydrogen) atoms. The van der Waals surface area contributed by atoms with Gasteiger partial charge in [0.2, 0.25) is 0 Å². The van der Waals surface area contributed by atoms with Gasteiger partial charge in [-0.1, -0.05) is 0 Å². The van der Waals surface area contributed by atoms with Crippen LogP contribution in [0, 0.1) is 17.1 Å². The molecule has 0 N–H and O–H groups in total. The largest absolute Gasteiger partial charge is 0.376 e. The van der Waals surface area contributed by atoms with Crippen LogP contribution in [-0.2, 0) is 6.54 Å². The summed E-state index contributed by atoms with van der Waals surface area (Å²) in [7, 11) is 3.61. The Hall–Kier alpha value is -2.68. The zero-order valence-electron chi connectivity index (χ0n) is 11.2. The second-order valence-corrected chi connectivity index (χ2v) is 4.52. The molecule has 0 atom stereocenters. The lowest BCUT2D eigenvalue weighted by Crippen LogP contribution is -2.25. The van der Waals surface area contributed by atoms with E-state index in [1.807, 2.05) is 6.07 Å². The molecule has 2 aromatic rings. The highest BCUT2D eigenvalue weighted by Crippen LogP contribution is 2.11. The summed E-state index contributed by atoms with van der Waals surface area (Å²) in [5.74, 6) is -0.447. The standard InChI is InChI=1S/C14H13FN4O/c1-18(2)13-6-14(20)19(17-8-13)9-11-5-12(15)4-3-10(11)7-16/h3-6,8H,9H2,1-2H3. The smallest absolute Gasteiger partial charge is 0.269 e. The van der Waals surface area contributed by atoms with Gasteiger partial charge in [0.05, 0.1) is 30.1 Å². The van der Waals surface area contributed by atoms with Crippen LogP contribution in [0.4, 0.5) is 10.1 Å². The predicted octanol–water partition coefficient (Wildman–Crippen LogP) is 1.37. The molecule has 0 radical (unpaired) electrons. The maximum atomic E-state index is 13.2. The van der Waals surface area contributed by atoms with Crippen molar-refractivity contribution in [1.29, 1.82) is 5.26 Å². The molecular weight excluding hydrogens is 259 g/mol. The first-order valence-electron chi connectivity index (χ1n) is 5.94. The van der Waals surface area contributed by atoms with E-state index in [-0.39, 0.29) is 12.1 Å². The van der Waals surface area contributed by atoms with Gasteiger partial charge in [0.15, 0.2) is 0 Å². The highest BCUT2D eigenvalue weighted by atomic mass is 19.1. The maximum Gasteiger partial charge on any atom is 0.269 e. The first-order chi connectivity index (χ1) is 9.51. The molecule has 0 saturated carbocycles. The molecule has 2 rings (SSSR count). The fourth-order valence-electron chi connectivity index (χ4n) is 1.75. The van der Waals surface area contributed by atoms with Gasteiger partial charge in [0.1, 0.15) is 5.82 Å². The molecular formula is C14H13FN4O. The average Bonchev–Trinajstić information content (AvgIpc) is 2.41. The summed E-state index contributed by atoms with van der Waals surface area (Å²) in [5, 5.41) is 13.0. The van der Waals surface area contributed by atoms with E-state index in [1.165, 1.54) is 28.9 Å². The molecule has 0 aliphatic rings. The third-order valence-electron chi connectivity index (χ3n) is 2.88. The molecule has 0 bridgehead atoms. The van der Waals surface area contributed by atoms with E-state index in [0.717, 1.165) is 0 Å². The summed E-state index contributed by atoms with van der Waals surface area (Å²) in [6.07, 6.45) is 1.55. The van der Waals surface area contributed by atoms with E-state index in [9.17, 15) is 9.18 Å². The van der Waals surface area contributed by atoms with Gasteiger partial charge in [0, 0.05) is 20.2 Å². The van der Waals surface area contributed by atoms with E-state index in [4.69, 9.17) is 5.26 Å². The van der Waals surface area contributed by atoms with Crippen molar-refractivity contribution in [1.82, 2.24) is 9.78 Å². The molecule has 0 fully saturated rings. The molecule has 0 saturated heterocycles. The summed E-state index contributed by atoms with van der Waals surface area (Å²) in [6, 6.07) is 7.27. The van der Waals surface area contributed by atoms with Gasteiger partial charge < -0.3 is 4.90 Å². The SMILES string of the molecule is CN(C)c1cnn(Cc2cc(F)ccc2C#N)c(=O)c1. The van der Waals surface area contributed by atoms with Crippen LogP contribution in [0.5, 0.6) is 0 Å². The molecule has 0 aliphatic heterocycles. The monoisotopic (exact) mass is 272 g/mol. The van der Waals surface area contributed by atoms with Crippen LogP contribution in [0.25, 0.3) is 0 Å². The van der Waals surface area contributed by atoms with Crippen LogP contribution >= 0.6 is 0 Å². The first-order valence-corrected chi connectivity index (χ1v) is 5.94. The predicted molar refractivity (Wildman–Crippen MR) is 73.0 cm³/mol. The fourth-order valence-corrected chi connectivity index (χ4v) is 1.75. The number of hydrogen-bond donors (Lipinski definition) is 0. The van der Waals surface area contributed by atoms with Gasteiger partial charge in [-0.05, 0) is 23.8 Å². The number of hydrogen-bond acceptors (Lipinski definition) is 4. The number of nitriles is 1. The van der Waals surface area contributed by atoms with Crippen LogP contribution < -0.4 is 10.5 Å². The first kappa shape index (κ1) is 13.7. The summed E-state index contributed by atoms with van der Waals surface area (Å²) in [6.45, 7) is 0.0627. The highest BCUT2D eigenvalue weighted by Gasteiger charge is 2.07. The number of anilines is 1.